The first kappa shape index (κ1) is 30.7. The van der Waals surface area contributed by atoms with Gasteiger partial charge in [0.2, 0.25) is 5.60 Å². The average molecular weight is 560 g/mol. The lowest BCUT2D eigenvalue weighted by molar-refractivity contribution is -0.547. The molecular weight excluding hydrogens is 539 g/mol. The highest BCUT2D eigenvalue weighted by molar-refractivity contribution is 5.78. The Morgan fingerprint density at radius 1 is 0.889 bits per heavy atom. The fourth-order valence-electron chi connectivity index (χ4n) is 4.41. The van der Waals surface area contributed by atoms with Gasteiger partial charge in [-0.1, -0.05) is 26.2 Å². The number of hydrogen-bond donors (Lipinski definition) is 1. The summed E-state index contributed by atoms with van der Waals surface area (Å²) in [6.07, 6.45) is -28.3. The number of rotatable bonds is 4. The molecule has 4 nitrogen and oxygen atoms in total. The minimum Gasteiger partial charge on any atom is -0.417 e. The first-order valence-corrected chi connectivity index (χ1v) is 10.5. The van der Waals surface area contributed by atoms with E-state index in [1.54, 1.807) is 0 Å². The summed E-state index contributed by atoms with van der Waals surface area (Å²) < 4.78 is 192. The normalized spacial score (nSPS) is 33.6. The molecule has 1 saturated heterocycles. The monoisotopic (exact) mass is 560 g/mol. The number of halogens is 13. The first-order valence-electron chi connectivity index (χ1n) is 10.5. The molecule has 2 fully saturated rings. The predicted octanol–water partition coefficient (Wildman–Crippen LogP) is 6.31. The zero-order chi connectivity index (χ0) is 28.4. The maximum Gasteiger partial charge on any atom is 0.462 e. The molecule has 2 aliphatic rings. The molecule has 4 atom stereocenters. The van der Waals surface area contributed by atoms with Gasteiger partial charge >= 0.3 is 42.1 Å². The van der Waals surface area contributed by atoms with Crippen LogP contribution >= 0.6 is 0 Å². The van der Waals surface area contributed by atoms with E-state index in [0.717, 1.165) is 0 Å². The Bertz CT molecular complexity index is 831. The van der Waals surface area contributed by atoms with Gasteiger partial charge in [-0.15, -0.1) is 0 Å². The SMILES string of the molecule is CCC(C)(C(=O)OC1(C(F)(F)F)OC(C2CCCCC2)(C(F)(F)F)C(F)(F)C(O)C1(F)F)C(F)(F)F. The molecular formula is C19H21F13O4. The van der Waals surface area contributed by atoms with Gasteiger partial charge in [-0.25, -0.2) is 0 Å². The lowest BCUT2D eigenvalue weighted by Gasteiger charge is -2.58. The molecule has 2 rings (SSSR count). The van der Waals surface area contributed by atoms with E-state index in [0.29, 0.717) is 6.92 Å². The summed E-state index contributed by atoms with van der Waals surface area (Å²) >= 11 is 0. The summed E-state index contributed by atoms with van der Waals surface area (Å²) in [5.74, 6) is -24.9. The summed E-state index contributed by atoms with van der Waals surface area (Å²) in [6.45, 7) is 0.476. The molecule has 36 heavy (non-hydrogen) atoms. The second-order valence-corrected chi connectivity index (χ2v) is 9.01. The molecule has 0 aromatic heterocycles. The van der Waals surface area contributed by atoms with Gasteiger partial charge < -0.3 is 14.6 Å². The summed E-state index contributed by atoms with van der Waals surface area (Å²) in [7, 11) is 0. The number of alkyl halides is 13. The highest BCUT2D eigenvalue weighted by Crippen LogP contribution is 2.66. The Kier molecular flexibility index (Phi) is 7.48. The third-order valence-corrected chi connectivity index (χ3v) is 6.92. The molecule has 0 aromatic carbocycles. The van der Waals surface area contributed by atoms with Crippen LogP contribution in [0.1, 0.15) is 52.4 Å². The third-order valence-electron chi connectivity index (χ3n) is 6.92. The van der Waals surface area contributed by atoms with Gasteiger partial charge in [0.05, 0.1) is 0 Å². The Morgan fingerprint density at radius 2 is 1.36 bits per heavy atom. The fourth-order valence-corrected chi connectivity index (χ4v) is 4.41. The average Bonchev–Trinajstić information content (AvgIpc) is 2.71. The summed E-state index contributed by atoms with van der Waals surface area (Å²) in [4.78, 5) is 12.2. The first-order chi connectivity index (χ1) is 15.9. The predicted molar refractivity (Wildman–Crippen MR) is 91.7 cm³/mol. The van der Waals surface area contributed by atoms with Crippen LogP contribution < -0.4 is 0 Å². The summed E-state index contributed by atoms with van der Waals surface area (Å²) in [5, 5.41) is 9.63. The molecule has 1 N–H and O–H groups in total. The van der Waals surface area contributed by atoms with Crippen molar-refractivity contribution in [2.75, 3.05) is 0 Å². The van der Waals surface area contributed by atoms with E-state index in [2.05, 4.69) is 9.47 Å². The molecule has 1 aliphatic heterocycles. The molecule has 1 saturated carbocycles. The quantitative estimate of drug-likeness (QED) is 0.324. The van der Waals surface area contributed by atoms with Crippen LogP contribution in [0.25, 0.3) is 0 Å². The molecule has 17 heteroatoms. The Balaban J connectivity index is 2.90. The number of carbonyl (C=O) groups is 1. The van der Waals surface area contributed by atoms with Crippen LogP contribution in [0, 0.1) is 11.3 Å². The molecule has 0 spiro atoms. The molecule has 4 unspecified atom stereocenters. The summed E-state index contributed by atoms with van der Waals surface area (Å²) in [6, 6.07) is 0. The van der Waals surface area contributed by atoms with Crippen LogP contribution in [0.4, 0.5) is 57.1 Å². The number of aliphatic hydroxyl groups excluding tert-OH is 1. The van der Waals surface area contributed by atoms with Crippen molar-refractivity contribution >= 4 is 5.97 Å². The van der Waals surface area contributed by atoms with Gasteiger partial charge in [-0.2, -0.15) is 57.1 Å². The third kappa shape index (κ3) is 4.02. The van der Waals surface area contributed by atoms with Gasteiger partial charge in [0.25, 0.3) is 0 Å². The van der Waals surface area contributed by atoms with Crippen LogP contribution in [0.2, 0.25) is 0 Å². The Labute approximate surface area is 195 Å². The van der Waals surface area contributed by atoms with Crippen molar-refractivity contribution in [3.8, 4) is 0 Å². The highest BCUT2D eigenvalue weighted by atomic mass is 19.4. The Hall–Kier alpha value is -1.52. The van der Waals surface area contributed by atoms with E-state index in [1.807, 2.05) is 0 Å². The van der Waals surface area contributed by atoms with E-state index in [4.69, 9.17) is 0 Å². The van der Waals surface area contributed by atoms with Crippen molar-refractivity contribution in [1.82, 2.24) is 0 Å². The van der Waals surface area contributed by atoms with Gasteiger partial charge in [0.1, 0.15) is 0 Å². The highest BCUT2D eigenvalue weighted by Gasteiger charge is 2.93. The number of hydrogen-bond acceptors (Lipinski definition) is 4. The zero-order valence-corrected chi connectivity index (χ0v) is 18.5. The van der Waals surface area contributed by atoms with Gasteiger partial charge in [0, 0.05) is 5.92 Å². The van der Waals surface area contributed by atoms with E-state index in [-0.39, 0.29) is 26.2 Å². The molecule has 1 heterocycles. The molecule has 0 radical (unpaired) electrons. The smallest absolute Gasteiger partial charge is 0.417 e. The maximum atomic E-state index is 15.0. The van der Waals surface area contributed by atoms with Gasteiger partial charge in [-0.3, -0.25) is 4.79 Å². The summed E-state index contributed by atoms with van der Waals surface area (Å²) in [5.41, 5.74) is -9.50. The van der Waals surface area contributed by atoms with Crippen molar-refractivity contribution in [1.29, 1.82) is 0 Å². The molecule has 212 valence electrons. The standard InChI is InChI=1S/C19H21F13O4/c1-3-12(2,17(24,25)26)11(34)35-16(19(30,31)32)15(22,23)10(33)14(20,21)13(36-16,18(27,28)29)9-7-5-4-6-8-9/h9-10,33H,3-8H2,1-2H3. The zero-order valence-electron chi connectivity index (χ0n) is 18.5. The molecule has 0 bridgehead atoms. The van der Waals surface area contributed by atoms with Crippen molar-refractivity contribution in [3.63, 3.8) is 0 Å². The largest absolute Gasteiger partial charge is 0.462 e. The number of esters is 1. The van der Waals surface area contributed by atoms with Crippen molar-refractivity contribution in [2.45, 2.75) is 100 Å². The topological polar surface area (TPSA) is 55.8 Å². The number of ether oxygens (including phenoxy) is 2. The minimum atomic E-state index is -7.03. The van der Waals surface area contributed by atoms with E-state index >= 15 is 0 Å². The molecule has 0 aromatic rings. The van der Waals surface area contributed by atoms with Crippen LogP contribution in [0.3, 0.4) is 0 Å². The number of aliphatic hydroxyl groups is 1. The van der Waals surface area contributed by atoms with Gasteiger partial charge in [0.15, 0.2) is 11.5 Å². The fraction of sp³-hybridized carbons (Fsp3) is 0.947. The van der Waals surface area contributed by atoms with Crippen LogP contribution in [-0.4, -0.2) is 58.9 Å². The van der Waals surface area contributed by atoms with Crippen molar-refractivity contribution < 1.29 is 76.5 Å². The second-order valence-electron chi connectivity index (χ2n) is 9.01. The Morgan fingerprint density at radius 3 is 1.72 bits per heavy atom. The van der Waals surface area contributed by atoms with Crippen LogP contribution in [0.5, 0.6) is 0 Å². The number of carbonyl (C=O) groups excluding carboxylic acids is 1. The van der Waals surface area contributed by atoms with E-state index < -0.39 is 84.4 Å². The molecule has 0 amide bonds. The van der Waals surface area contributed by atoms with E-state index in [1.165, 1.54) is 0 Å². The van der Waals surface area contributed by atoms with Crippen molar-refractivity contribution in [2.24, 2.45) is 11.3 Å². The van der Waals surface area contributed by atoms with Gasteiger partial charge in [-0.05, 0) is 26.2 Å². The second kappa shape index (κ2) is 8.76. The van der Waals surface area contributed by atoms with Crippen LogP contribution in [-0.2, 0) is 14.3 Å². The van der Waals surface area contributed by atoms with E-state index in [9.17, 15) is 67.0 Å². The lowest BCUT2D eigenvalue weighted by atomic mass is 9.68. The van der Waals surface area contributed by atoms with Crippen LogP contribution in [0.15, 0.2) is 0 Å². The molecule has 1 aliphatic carbocycles. The van der Waals surface area contributed by atoms with Crippen molar-refractivity contribution in [3.05, 3.63) is 0 Å². The minimum absolute atomic E-state index is 0.0937. The lowest BCUT2D eigenvalue weighted by Crippen LogP contribution is -2.85. The maximum absolute atomic E-state index is 15.0.